The van der Waals surface area contributed by atoms with Crippen molar-refractivity contribution >= 4 is 11.9 Å². The molecule has 0 aromatic heterocycles. The second kappa shape index (κ2) is 66.1. The van der Waals surface area contributed by atoms with Crippen LogP contribution in [-0.2, 0) is 14.3 Å². The van der Waals surface area contributed by atoms with Crippen LogP contribution in [0.1, 0.15) is 399 Å². The molecule has 0 aromatic rings. The van der Waals surface area contributed by atoms with Crippen LogP contribution in [0.15, 0.2) is 12.2 Å². The molecule has 0 bridgehead atoms. The summed E-state index contributed by atoms with van der Waals surface area (Å²) in [7, 11) is 0. The first kappa shape index (κ1) is 74.6. The molecule has 0 fully saturated rings. The molecule has 0 saturated heterocycles. The van der Waals surface area contributed by atoms with Crippen molar-refractivity contribution in [3.63, 3.8) is 0 Å². The van der Waals surface area contributed by atoms with Crippen LogP contribution < -0.4 is 5.32 Å². The SMILES string of the molecule is CCCCCCCCCCCCCCC/C=C/C(O)C(CO)NC(=O)CCCCCCCCCCCCCCCCCCCCCCCCCCCCOC(=O)CCCCCCCCCCCCCCCCCCCC. The molecule has 6 heteroatoms. The standard InChI is InChI=1S/C70H137NO5/c1-3-5-7-9-11-13-15-17-19-20-32-36-40-44-48-52-56-60-64-70(75)76-65-61-57-53-49-45-41-37-33-30-28-26-24-22-21-23-25-27-29-31-35-39-43-47-51-55-59-63-69(74)71-67(66-72)68(73)62-58-54-50-46-42-38-34-18-16-14-12-10-8-6-4-2/h58,62,67-68,72-73H,3-57,59-61,63-66H2,1-2H3,(H,71,74)/b62-58+. The van der Waals surface area contributed by atoms with Gasteiger partial charge in [-0.15, -0.1) is 0 Å². The minimum atomic E-state index is -0.842. The third kappa shape index (κ3) is 61.8. The van der Waals surface area contributed by atoms with Crippen molar-refractivity contribution in [1.29, 1.82) is 0 Å². The molecule has 0 rings (SSSR count). The molecule has 3 N–H and O–H groups in total. The van der Waals surface area contributed by atoms with Crippen LogP contribution >= 0.6 is 0 Å². The quantitative estimate of drug-likeness (QED) is 0.0320. The lowest BCUT2D eigenvalue weighted by atomic mass is 10.0. The highest BCUT2D eigenvalue weighted by atomic mass is 16.5. The number of hydrogen-bond donors (Lipinski definition) is 3. The molecular weight excluding hydrogens is 935 g/mol. The fourth-order valence-electron chi connectivity index (χ4n) is 11.2. The molecule has 6 nitrogen and oxygen atoms in total. The topological polar surface area (TPSA) is 95.9 Å². The van der Waals surface area contributed by atoms with E-state index in [1.807, 2.05) is 6.08 Å². The molecule has 2 unspecified atom stereocenters. The van der Waals surface area contributed by atoms with Crippen LogP contribution in [0.2, 0.25) is 0 Å². The Bertz CT molecular complexity index is 1140. The largest absolute Gasteiger partial charge is 0.466 e. The van der Waals surface area contributed by atoms with Gasteiger partial charge in [0.2, 0.25) is 5.91 Å². The monoisotopic (exact) mass is 1070 g/mol. The van der Waals surface area contributed by atoms with Crippen molar-refractivity contribution in [3.05, 3.63) is 12.2 Å². The van der Waals surface area contributed by atoms with Gasteiger partial charge in [0.05, 0.1) is 25.4 Å². The van der Waals surface area contributed by atoms with E-state index in [9.17, 15) is 19.8 Å². The van der Waals surface area contributed by atoms with E-state index in [4.69, 9.17) is 4.74 Å². The van der Waals surface area contributed by atoms with Crippen molar-refractivity contribution in [2.45, 2.75) is 411 Å². The molecule has 0 aromatic carbocycles. The predicted molar refractivity (Wildman–Crippen MR) is 333 cm³/mol. The van der Waals surface area contributed by atoms with Gasteiger partial charge in [0.1, 0.15) is 0 Å². The number of esters is 1. The number of amides is 1. The lowest BCUT2D eigenvalue weighted by molar-refractivity contribution is -0.143. The van der Waals surface area contributed by atoms with E-state index in [-0.39, 0.29) is 18.5 Å². The first-order valence-corrected chi connectivity index (χ1v) is 35.0. The zero-order valence-corrected chi connectivity index (χ0v) is 51.8. The van der Waals surface area contributed by atoms with E-state index < -0.39 is 12.1 Å². The lowest BCUT2D eigenvalue weighted by Gasteiger charge is -2.20. The number of ether oxygens (including phenoxy) is 1. The Morgan fingerprint density at radius 1 is 0.355 bits per heavy atom. The fourth-order valence-corrected chi connectivity index (χ4v) is 11.2. The van der Waals surface area contributed by atoms with Crippen molar-refractivity contribution < 1.29 is 24.5 Å². The number of unbranched alkanes of at least 4 members (excludes halogenated alkanes) is 55. The van der Waals surface area contributed by atoms with Crippen LogP contribution in [0.4, 0.5) is 0 Å². The van der Waals surface area contributed by atoms with E-state index in [0.717, 1.165) is 38.5 Å². The highest BCUT2D eigenvalue weighted by molar-refractivity contribution is 5.76. The fraction of sp³-hybridized carbons (Fsp3) is 0.943. The molecule has 0 spiro atoms. The Balaban J connectivity index is 3.34. The normalized spacial score (nSPS) is 12.5. The van der Waals surface area contributed by atoms with E-state index in [2.05, 4.69) is 19.2 Å². The molecule has 76 heavy (non-hydrogen) atoms. The number of aliphatic hydroxyl groups is 2. The maximum atomic E-state index is 12.5. The molecule has 452 valence electrons. The number of aliphatic hydroxyl groups excluding tert-OH is 2. The van der Waals surface area contributed by atoms with Gasteiger partial charge in [-0.05, 0) is 32.1 Å². The average Bonchev–Trinajstić information content (AvgIpc) is 3.42. The third-order valence-electron chi connectivity index (χ3n) is 16.6. The predicted octanol–water partition coefficient (Wildman–Crippen LogP) is 22.4. The third-order valence-corrected chi connectivity index (χ3v) is 16.6. The molecule has 0 heterocycles. The van der Waals surface area contributed by atoms with Gasteiger partial charge in [0.25, 0.3) is 0 Å². The first-order valence-electron chi connectivity index (χ1n) is 35.0. The summed E-state index contributed by atoms with van der Waals surface area (Å²) in [5, 5.41) is 23.2. The van der Waals surface area contributed by atoms with E-state index in [1.54, 1.807) is 6.08 Å². The summed E-state index contributed by atoms with van der Waals surface area (Å²) in [6, 6.07) is -0.625. The Hall–Kier alpha value is -1.40. The lowest BCUT2D eigenvalue weighted by Crippen LogP contribution is -2.45. The van der Waals surface area contributed by atoms with Crippen LogP contribution in [0.25, 0.3) is 0 Å². The van der Waals surface area contributed by atoms with Gasteiger partial charge in [0, 0.05) is 12.8 Å². The minimum absolute atomic E-state index is 0.0222. The smallest absolute Gasteiger partial charge is 0.305 e. The van der Waals surface area contributed by atoms with E-state index >= 15 is 0 Å². The molecule has 0 aliphatic heterocycles. The summed E-state index contributed by atoms with van der Waals surface area (Å²) in [5.74, 6) is -0.0406. The Labute approximate surface area is 476 Å². The van der Waals surface area contributed by atoms with Crippen LogP contribution in [0.5, 0.6) is 0 Å². The van der Waals surface area contributed by atoms with Crippen LogP contribution in [0.3, 0.4) is 0 Å². The molecular formula is C70H137NO5. The minimum Gasteiger partial charge on any atom is -0.466 e. The van der Waals surface area contributed by atoms with Gasteiger partial charge in [-0.3, -0.25) is 9.59 Å². The van der Waals surface area contributed by atoms with Crippen LogP contribution in [-0.4, -0.2) is 47.4 Å². The van der Waals surface area contributed by atoms with Crippen molar-refractivity contribution in [2.75, 3.05) is 13.2 Å². The van der Waals surface area contributed by atoms with Gasteiger partial charge < -0.3 is 20.3 Å². The Morgan fingerprint density at radius 3 is 0.895 bits per heavy atom. The summed E-state index contributed by atoms with van der Waals surface area (Å²) in [6.07, 6.45) is 81.5. The molecule has 0 saturated carbocycles. The Kier molecular flexibility index (Phi) is 64.9. The number of allylic oxidation sites excluding steroid dienone is 1. The van der Waals surface area contributed by atoms with Gasteiger partial charge in [-0.1, -0.05) is 366 Å². The second-order valence-corrected chi connectivity index (χ2v) is 24.2. The van der Waals surface area contributed by atoms with E-state index in [0.29, 0.717) is 19.4 Å². The van der Waals surface area contributed by atoms with Gasteiger partial charge >= 0.3 is 5.97 Å². The summed E-state index contributed by atoms with van der Waals surface area (Å²) >= 11 is 0. The molecule has 0 aliphatic rings. The molecule has 1 amide bonds. The number of carbonyl (C=O) groups is 2. The molecule has 0 radical (unpaired) electrons. The number of rotatable bonds is 66. The number of nitrogens with one attached hydrogen (secondary N) is 1. The summed E-state index contributed by atoms with van der Waals surface area (Å²) < 4.78 is 5.51. The summed E-state index contributed by atoms with van der Waals surface area (Å²) in [4.78, 5) is 24.6. The highest BCUT2D eigenvalue weighted by Crippen LogP contribution is 2.19. The van der Waals surface area contributed by atoms with Crippen molar-refractivity contribution in [2.24, 2.45) is 0 Å². The zero-order chi connectivity index (χ0) is 55.0. The summed E-state index contributed by atoms with van der Waals surface area (Å²) in [5.41, 5.74) is 0. The number of hydrogen-bond acceptors (Lipinski definition) is 5. The highest BCUT2D eigenvalue weighted by Gasteiger charge is 2.18. The average molecular weight is 1070 g/mol. The van der Waals surface area contributed by atoms with Crippen molar-refractivity contribution in [1.82, 2.24) is 5.32 Å². The Morgan fingerprint density at radius 2 is 0.605 bits per heavy atom. The maximum absolute atomic E-state index is 12.5. The first-order chi connectivity index (χ1) is 37.5. The van der Waals surface area contributed by atoms with Gasteiger partial charge in [-0.2, -0.15) is 0 Å². The second-order valence-electron chi connectivity index (χ2n) is 24.2. The van der Waals surface area contributed by atoms with E-state index in [1.165, 1.54) is 334 Å². The summed E-state index contributed by atoms with van der Waals surface area (Å²) in [6.45, 7) is 4.95. The zero-order valence-electron chi connectivity index (χ0n) is 51.8. The van der Waals surface area contributed by atoms with Crippen molar-refractivity contribution in [3.8, 4) is 0 Å². The van der Waals surface area contributed by atoms with Gasteiger partial charge in [0.15, 0.2) is 0 Å². The van der Waals surface area contributed by atoms with Gasteiger partial charge in [-0.25, -0.2) is 0 Å². The maximum Gasteiger partial charge on any atom is 0.305 e. The number of carbonyl (C=O) groups excluding carboxylic acids is 2. The molecule has 0 aliphatic carbocycles. The molecule has 2 atom stereocenters. The van der Waals surface area contributed by atoms with Crippen LogP contribution in [0, 0.1) is 0 Å².